The first-order valence-electron chi connectivity index (χ1n) is 6.66. The molecule has 1 aliphatic rings. The zero-order chi connectivity index (χ0) is 15.6. The quantitative estimate of drug-likeness (QED) is 0.750. The van der Waals surface area contributed by atoms with Gasteiger partial charge in [0.05, 0.1) is 5.69 Å². The third kappa shape index (κ3) is 3.36. The molecule has 1 heterocycles. The number of carboxylic acid groups (broad SMARTS) is 1. The van der Waals surface area contributed by atoms with Crippen LogP contribution in [0.3, 0.4) is 0 Å². The van der Waals surface area contributed by atoms with Gasteiger partial charge in [-0.15, -0.1) is 6.58 Å². The van der Waals surface area contributed by atoms with E-state index in [4.69, 9.17) is 5.11 Å². The van der Waals surface area contributed by atoms with E-state index in [-0.39, 0.29) is 18.0 Å². The Hall–Kier alpha value is -2.44. The summed E-state index contributed by atoms with van der Waals surface area (Å²) in [4.78, 5) is 43.2. The molecule has 0 unspecified atom stereocenters. The van der Waals surface area contributed by atoms with Gasteiger partial charge in [0.15, 0.2) is 0 Å². The van der Waals surface area contributed by atoms with Crippen molar-refractivity contribution in [3.05, 3.63) is 40.1 Å². The molecule has 0 aliphatic heterocycles. The van der Waals surface area contributed by atoms with Crippen LogP contribution in [-0.2, 0) is 4.79 Å². The van der Waals surface area contributed by atoms with Gasteiger partial charge in [0.2, 0.25) is 0 Å². The maximum atomic E-state index is 12.4. The number of hydrogen-bond donors (Lipinski definition) is 2. The lowest BCUT2D eigenvalue weighted by molar-refractivity contribution is -0.137. The van der Waals surface area contributed by atoms with E-state index < -0.39 is 24.0 Å². The van der Waals surface area contributed by atoms with Gasteiger partial charge < -0.3 is 15.0 Å². The molecule has 2 rings (SSSR count). The molecule has 2 N–H and O–H groups in total. The van der Waals surface area contributed by atoms with Crippen molar-refractivity contribution in [1.29, 1.82) is 0 Å². The number of nitrogens with zero attached hydrogens (tertiary/aromatic N) is 2. The molecule has 1 saturated carbocycles. The van der Waals surface area contributed by atoms with Gasteiger partial charge in [-0.1, -0.05) is 6.08 Å². The summed E-state index contributed by atoms with van der Waals surface area (Å²) in [6.07, 6.45) is 3.38. The average molecular weight is 291 g/mol. The second-order valence-corrected chi connectivity index (χ2v) is 5.05. The molecule has 1 aromatic rings. The van der Waals surface area contributed by atoms with Crippen molar-refractivity contribution in [1.82, 2.24) is 14.9 Å². The van der Waals surface area contributed by atoms with Crippen molar-refractivity contribution in [2.24, 2.45) is 0 Å². The summed E-state index contributed by atoms with van der Waals surface area (Å²) < 4.78 is 0. The topological polar surface area (TPSA) is 103 Å². The number of nitrogens with one attached hydrogen (secondary N) is 1. The molecule has 1 aromatic heterocycles. The van der Waals surface area contributed by atoms with Gasteiger partial charge in [-0.05, 0) is 19.8 Å². The first-order valence-corrected chi connectivity index (χ1v) is 6.66. The molecule has 21 heavy (non-hydrogen) atoms. The van der Waals surface area contributed by atoms with E-state index in [1.807, 2.05) is 0 Å². The van der Waals surface area contributed by atoms with E-state index >= 15 is 0 Å². The number of carbonyl (C=O) groups is 2. The van der Waals surface area contributed by atoms with Crippen LogP contribution in [0, 0.1) is 6.92 Å². The number of aryl methyl sites for hydroxylation is 1. The summed E-state index contributed by atoms with van der Waals surface area (Å²) in [5.41, 5.74) is -0.304. The van der Waals surface area contributed by atoms with Crippen LogP contribution < -0.4 is 5.56 Å². The number of aromatic amines is 1. The zero-order valence-corrected chi connectivity index (χ0v) is 11.8. The van der Waals surface area contributed by atoms with E-state index in [0.29, 0.717) is 11.5 Å². The van der Waals surface area contributed by atoms with Crippen LogP contribution in [0.1, 0.15) is 40.6 Å². The molecule has 112 valence electrons. The number of aliphatic carboxylic acids is 1. The SMILES string of the molecule is C=CCN(CC(=O)O)C(=O)c1c(C)nc(C2CC2)[nH]c1=O. The van der Waals surface area contributed by atoms with Gasteiger partial charge in [0.1, 0.15) is 17.9 Å². The van der Waals surface area contributed by atoms with E-state index in [9.17, 15) is 14.4 Å². The maximum Gasteiger partial charge on any atom is 0.323 e. The molecule has 0 radical (unpaired) electrons. The van der Waals surface area contributed by atoms with Crippen molar-refractivity contribution < 1.29 is 14.7 Å². The van der Waals surface area contributed by atoms with Crippen LogP contribution in [0.4, 0.5) is 0 Å². The largest absolute Gasteiger partial charge is 0.480 e. The third-order valence-corrected chi connectivity index (χ3v) is 3.26. The Morgan fingerprint density at radius 1 is 1.52 bits per heavy atom. The molecular weight excluding hydrogens is 274 g/mol. The molecule has 1 amide bonds. The number of rotatable bonds is 6. The fourth-order valence-corrected chi connectivity index (χ4v) is 2.11. The van der Waals surface area contributed by atoms with Gasteiger partial charge in [0.25, 0.3) is 11.5 Å². The number of hydrogen-bond acceptors (Lipinski definition) is 4. The van der Waals surface area contributed by atoms with E-state index in [1.165, 1.54) is 6.08 Å². The highest BCUT2D eigenvalue weighted by molar-refractivity contribution is 5.96. The van der Waals surface area contributed by atoms with Crippen molar-refractivity contribution in [3.8, 4) is 0 Å². The van der Waals surface area contributed by atoms with E-state index in [1.54, 1.807) is 6.92 Å². The highest BCUT2D eigenvalue weighted by atomic mass is 16.4. The van der Waals surface area contributed by atoms with Crippen LogP contribution in [0.25, 0.3) is 0 Å². The Morgan fingerprint density at radius 3 is 2.67 bits per heavy atom. The Balaban J connectivity index is 2.34. The third-order valence-electron chi connectivity index (χ3n) is 3.26. The summed E-state index contributed by atoms with van der Waals surface area (Å²) >= 11 is 0. The van der Waals surface area contributed by atoms with E-state index in [2.05, 4.69) is 16.5 Å². The second-order valence-electron chi connectivity index (χ2n) is 5.05. The minimum atomic E-state index is -1.15. The van der Waals surface area contributed by atoms with Crippen LogP contribution in [-0.4, -0.2) is 44.9 Å². The van der Waals surface area contributed by atoms with Crippen molar-refractivity contribution in [3.63, 3.8) is 0 Å². The van der Waals surface area contributed by atoms with Crippen LogP contribution in [0.2, 0.25) is 0 Å². The highest BCUT2D eigenvalue weighted by Crippen LogP contribution is 2.37. The van der Waals surface area contributed by atoms with Gasteiger partial charge in [-0.3, -0.25) is 14.4 Å². The van der Waals surface area contributed by atoms with Gasteiger partial charge in [0, 0.05) is 12.5 Å². The molecule has 0 bridgehead atoms. The predicted molar refractivity (Wildman–Crippen MR) is 75.3 cm³/mol. The van der Waals surface area contributed by atoms with Crippen LogP contribution in [0.15, 0.2) is 17.4 Å². The minimum Gasteiger partial charge on any atom is -0.480 e. The second kappa shape index (κ2) is 5.90. The molecule has 1 fully saturated rings. The maximum absolute atomic E-state index is 12.4. The van der Waals surface area contributed by atoms with Gasteiger partial charge >= 0.3 is 5.97 Å². The summed E-state index contributed by atoms with van der Waals surface area (Å²) in [6.45, 7) is 4.63. The van der Waals surface area contributed by atoms with Gasteiger partial charge in [-0.25, -0.2) is 4.98 Å². The lowest BCUT2D eigenvalue weighted by atomic mass is 10.2. The Morgan fingerprint density at radius 2 is 2.19 bits per heavy atom. The molecule has 7 heteroatoms. The highest BCUT2D eigenvalue weighted by Gasteiger charge is 2.29. The van der Waals surface area contributed by atoms with Crippen LogP contribution >= 0.6 is 0 Å². The monoisotopic (exact) mass is 291 g/mol. The van der Waals surface area contributed by atoms with Gasteiger partial charge in [-0.2, -0.15) is 0 Å². The Labute approximate surface area is 121 Å². The lowest BCUT2D eigenvalue weighted by Crippen LogP contribution is -2.39. The summed E-state index contributed by atoms with van der Waals surface area (Å²) in [6, 6.07) is 0. The Bertz CT molecular complexity index is 646. The Kier molecular flexibility index (Phi) is 4.21. The zero-order valence-electron chi connectivity index (χ0n) is 11.8. The number of H-pyrrole nitrogens is 1. The lowest BCUT2D eigenvalue weighted by Gasteiger charge is -2.19. The average Bonchev–Trinajstić information content (AvgIpc) is 3.20. The molecule has 1 aliphatic carbocycles. The van der Waals surface area contributed by atoms with Crippen molar-refractivity contribution in [2.75, 3.05) is 13.1 Å². The number of amides is 1. The number of carbonyl (C=O) groups excluding carboxylic acids is 1. The first-order chi connectivity index (χ1) is 9.93. The molecule has 0 atom stereocenters. The normalized spacial score (nSPS) is 13.8. The molecular formula is C14H17N3O4. The molecule has 0 saturated heterocycles. The van der Waals surface area contributed by atoms with Crippen molar-refractivity contribution >= 4 is 11.9 Å². The summed E-state index contributed by atoms with van der Waals surface area (Å²) in [7, 11) is 0. The first kappa shape index (κ1) is 15.0. The smallest absolute Gasteiger partial charge is 0.323 e. The molecule has 0 aromatic carbocycles. The standard InChI is InChI=1S/C14H17N3O4/c1-3-6-17(7-10(18)19)14(21)11-8(2)15-12(9-4-5-9)16-13(11)20/h3,9H,1,4-7H2,2H3,(H,18,19)(H,15,16,20). The number of carboxylic acids is 1. The number of aromatic nitrogens is 2. The van der Waals surface area contributed by atoms with E-state index in [0.717, 1.165) is 17.7 Å². The fourth-order valence-electron chi connectivity index (χ4n) is 2.11. The summed E-state index contributed by atoms with van der Waals surface area (Å²) in [5, 5.41) is 8.84. The summed E-state index contributed by atoms with van der Waals surface area (Å²) in [5.74, 6) is -0.931. The van der Waals surface area contributed by atoms with Crippen LogP contribution in [0.5, 0.6) is 0 Å². The minimum absolute atomic E-state index is 0.0500. The fraction of sp³-hybridized carbons (Fsp3) is 0.429. The predicted octanol–water partition coefficient (Wildman–Crippen LogP) is 0.669. The van der Waals surface area contributed by atoms with Crippen molar-refractivity contribution in [2.45, 2.75) is 25.7 Å². The molecule has 7 nitrogen and oxygen atoms in total. The molecule has 0 spiro atoms.